The van der Waals surface area contributed by atoms with Gasteiger partial charge in [-0.2, -0.15) is 0 Å². The highest BCUT2D eigenvalue weighted by atomic mass is 35.5. The molecule has 2 heterocycles. The van der Waals surface area contributed by atoms with Gasteiger partial charge < -0.3 is 19.9 Å². The third-order valence-corrected chi connectivity index (χ3v) is 7.68. The number of esters is 1. The summed E-state index contributed by atoms with van der Waals surface area (Å²) in [6, 6.07) is 15.6. The fraction of sp³-hybridized carbons (Fsp3) is 0.321. The zero-order valence-electron chi connectivity index (χ0n) is 21.4. The van der Waals surface area contributed by atoms with E-state index in [0.29, 0.717) is 38.6 Å². The van der Waals surface area contributed by atoms with Crippen molar-refractivity contribution in [3.63, 3.8) is 0 Å². The van der Waals surface area contributed by atoms with Crippen LogP contribution in [-0.4, -0.2) is 35.6 Å². The number of carbonyl (C=O) groups is 1. The molecule has 0 fully saturated rings. The summed E-state index contributed by atoms with van der Waals surface area (Å²) < 4.78 is 5.38. The zero-order chi connectivity index (χ0) is 26.5. The van der Waals surface area contributed by atoms with Crippen LogP contribution in [0.25, 0.3) is 0 Å². The Hall–Kier alpha value is -3.23. The van der Waals surface area contributed by atoms with Crippen molar-refractivity contribution < 1.29 is 9.53 Å². The summed E-state index contributed by atoms with van der Waals surface area (Å²) in [4.78, 5) is 36.4. The number of halogens is 1. The summed E-state index contributed by atoms with van der Waals surface area (Å²) in [5.41, 5.74) is 3.98. The van der Waals surface area contributed by atoms with Gasteiger partial charge in [-0.25, -0.2) is 9.78 Å². The average Bonchev–Trinajstić information content (AvgIpc) is 2.88. The van der Waals surface area contributed by atoms with Gasteiger partial charge >= 0.3 is 5.97 Å². The summed E-state index contributed by atoms with van der Waals surface area (Å²) >= 11 is 7.69. The molecule has 7 nitrogen and oxygen atoms in total. The lowest BCUT2D eigenvalue weighted by molar-refractivity contribution is -0.138. The Morgan fingerprint density at radius 3 is 2.46 bits per heavy atom. The number of nitrogens with zero attached hydrogens (tertiary/aromatic N) is 2. The number of hydrogen-bond acceptors (Lipinski definition) is 7. The molecule has 3 aromatic rings. The fourth-order valence-electron chi connectivity index (χ4n) is 4.54. The van der Waals surface area contributed by atoms with Crippen molar-refractivity contribution in [1.29, 1.82) is 0 Å². The topological polar surface area (TPSA) is 87.3 Å². The van der Waals surface area contributed by atoms with Crippen LogP contribution in [0.2, 0.25) is 5.02 Å². The number of aromatic amines is 1. The zero-order valence-corrected chi connectivity index (χ0v) is 23.0. The highest BCUT2D eigenvalue weighted by Crippen LogP contribution is 2.40. The molecule has 0 radical (unpaired) electrons. The number of allylic oxidation sites excluding steroid dienone is 1. The van der Waals surface area contributed by atoms with E-state index in [9.17, 15) is 9.59 Å². The van der Waals surface area contributed by atoms with Crippen LogP contribution in [0.3, 0.4) is 0 Å². The van der Waals surface area contributed by atoms with Gasteiger partial charge in [-0.1, -0.05) is 53.7 Å². The van der Waals surface area contributed by atoms with Crippen LogP contribution in [0, 0.1) is 0 Å². The summed E-state index contributed by atoms with van der Waals surface area (Å²) in [6.45, 7) is 9.81. The van der Waals surface area contributed by atoms with Crippen LogP contribution < -0.4 is 15.8 Å². The van der Waals surface area contributed by atoms with Crippen molar-refractivity contribution >= 4 is 40.8 Å². The standard InChI is InChI=1S/C28H31ClN4O3S/c1-5-33(6-2)20-14-12-18(13-15-20)23-22(27(35)36-7-3)17(4)30-25-24(23)26(34)32-28(31-25)37-16-19-10-8-9-11-21(19)29/h8-15,23H,5-7,16H2,1-4H3,(H2,30,31,32,34). The molecule has 37 heavy (non-hydrogen) atoms. The molecule has 0 bridgehead atoms. The summed E-state index contributed by atoms with van der Waals surface area (Å²) in [5.74, 6) is -0.0678. The molecular formula is C28H31ClN4O3S. The molecule has 4 rings (SSSR count). The Morgan fingerprint density at radius 2 is 1.81 bits per heavy atom. The number of hydrogen-bond donors (Lipinski definition) is 2. The number of thioether (sulfide) groups is 1. The van der Waals surface area contributed by atoms with Crippen LogP contribution >= 0.6 is 23.4 Å². The van der Waals surface area contributed by atoms with Crippen LogP contribution in [0.5, 0.6) is 0 Å². The van der Waals surface area contributed by atoms with Crippen LogP contribution in [-0.2, 0) is 15.3 Å². The van der Waals surface area contributed by atoms with E-state index in [-0.39, 0.29) is 12.2 Å². The van der Waals surface area contributed by atoms with Gasteiger partial charge in [0.25, 0.3) is 5.56 Å². The number of fused-ring (bicyclic) bond motifs is 1. The number of aromatic nitrogens is 2. The minimum Gasteiger partial charge on any atom is -0.463 e. The second-order valence-electron chi connectivity index (χ2n) is 8.59. The van der Waals surface area contributed by atoms with E-state index in [4.69, 9.17) is 21.3 Å². The maximum absolute atomic E-state index is 13.5. The van der Waals surface area contributed by atoms with Crippen LogP contribution in [0.4, 0.5) is 11.5 Å². The molecule has 2 N–H and O–H groups in total. The van der Waals surface area contributed by atoms with E-state index < -0.39 is 11.9 Å². The predicted octanol–water partition coefficient (Wildman–Crippen LogP) is 5.96. The molecule has 1 atom stereocenters. The maximum atomic E-state index is 13.5. The largest absolute Gasteiger partial charge is 0.463 e. The summed E-state index contributed by atoms with van der Waals surface area (Å²) in [5, 5.41) is 4.33. The number of ether oxygens (including phenoxy) is 1. The van der Waals surface area contributed by atoms with Crippen molar-refractivity contribution in [3.05, 3.63) is 91.9 Å². The first kappa shape index (κ1) is 26.8. The monoisotopic (exact) mass is 538 g/mol. The molecule has 194 valence electrons. The van der Waals surface area contributed by atoms with Crippen molar-refractivity contribution in [2.45, 2.75) is 44.5 Å². The molecular weight excluding hydrogens is 508 g/mol. The van der Waals surface area contributed by atoms with Crippen molar-refractivity contribution in [2.24, 2.45) is 0 Å². The molecule has 2 aromatic carbocycles. The lowest BCUT2D eigenvalue weighted by Crippen LogP contribution is -2.31. The van der Waals surface area contributed by atoms with E-state index >= 15 is 0 Å². The third kappa shape index (κ3) is 5.70. The Bertz CT molecular complexity index is 1370. The van der Waals surface area contributed by atoms with E-state index in [0.717, 1.165) is 29.9 Å². The quantitative estimate of drug-likeness (QED) is 0.197. The van der Waals surface area contributed by atoms with Crippen molar-refractivity contribution in [2.75, 3.05) is 29.9 Å². The Kier molecular flexibility index (Phi) is 8.61. The number of anilines is 2. The minimum atomic E-state index is -0.611. The SMILES string of the molecule is CCOC(=O)C1=C(C)Nc2nc(SCc3ccccc3Cl)[nH]c(=O)c2C1c1ccc(N(CC)CC)cc1. The lowest BCUT2D eigenvalue weighted by Gasteiger charge is -2.29. The van der Waals surface area contributed by atoms with Crippen LogP contribution in [0.15, 0.2) is 69.8 Å². The molecule has 1 aromatic heterocycles. The second-order valence-corrected chi connectivity index (χ2v) is 9.97. The van der Waals surface area contributed by atoms with Gasteiger partial charge in [0.1, 0.15) is 5.82 Å². The smallest absolute Gasteiger partial charge is 0.336 e. The average molecular weight is 539 g/mol. The Labute approximate surface area is 226 Å². The Balaban J connectivity index is 1.75. The molecule has 1 aliphatic rings. The molecule has 0 spiro atoms. The fourth-order valence-corrected chi connectivity index (χ4v) is 5.69. The van der Waals surface area contributed by atoms with E-state index in [1.54, 1.807) is 6.92 Å². The van der Waals surface area contributed by atoms with E-state index in [1.807, 2.05) is 55.5 Å². The number of rotatable bonds is 9. The maximum Gasteiger partial charge on any atom is 0.336 e. The number of benzene rings is 2. The highest BCUT2D eigenvalue weighted by molar-refractivity contribution is 7.98. The molecule has 1 unspecified atom stereocenters. The summed E-state index contributed by atoms with van der Waals surface area (Å²) in [6.07, 6.45) is 0. The highest BCUT2D eigenvalue weighted by Gasteiger charge is 2.36. The number of carbonyl (C=O) groups excluding carboxylic acids is 1. The second kappa shape index (κ2) is 11.9. The van der Waals surface area contributed by atoms with Gasteiger partial charge in [-0.3, -0.25) is 4.79 Å². The minimum absolute atomic E-state index is 0.238. The van der Waals surface area contributed by atoms with Gasteiger partial charge in [-0.05, 0) is 57.0 Å². The predicted molar refractivity (Wildman–Crippen MR) is 151 cm³/mol. The third-order valence-electron chi connectivity index (χ3n) is 6.39. The number of nitrogens with one attached hydrogen (secondary N) is 2. The molecule has 1 aliphatic heterocycles. The Morgan fingerprint density at radius 1 is 1.11 bits per heavy atom. The first-order valence-electron chi connectivity index (χ1n) is 12.4. The van der Waals surface area contributed by atoms with Gasteiger partial charge in [-0.15, -0.1) is 0 Å². The lowest BCUT2D eigenvalue weighted by atomic mass is 9.82. The van der Waals surface area contributed by atoms with Crippen molar-refractivity contribution in [3.8, 4) is 0 Å². The summed E-state index contributed by atoms with van der Waals surface area (Å²) in [7, 11) is 0. The van der Waals surface area contributed by atoms with Crippen molar-refractivity contribution in [1.82, 2.24) is 9.97 Å². The van der Waals surface area contributed by atoms with E-state index in [1.165, 1.54) is 11.8 Å². The molecule has 0 saturated carbocycles. The number of H-pyrrole nitrogens is 1. The van der Waals surface area contributed by atoms with Crippen LogP contribution in [0.1, 0.15) is 50.3 Å². The first-order chi connectivity index (χ1) is 17.9. The first-order valence-corrected chi connectivity index (χ1v) is 13.7. The normalized spacial score (nSPS) is 14.7. The molecule has 9 heteroatoms. The van der Waals surface area contributed by atoms with Gasteiger partial charge in [0.2, 0.25) is 0 Å². The molecule has 0 saturated heterocycles. The molecule has 0 amide bonds. The van der Waals surface area contributed by atoms with Gasteiger partial charge in [0.15, 0.2) is 5.16 Å². The van der Waals surface area contributed by atoms with E-state index in [2.05, 4.69) is 29.0 Å². The molecule has 0 aliphatic carbocycles. The van der Waals surface area contributed by atoms with Gasteiger partial charge in [0.05, 0.1) is 23.7 Å². The van der Waals surface area contributed by atoms with Gasteiger partial charge in [0, 0.05) is 35.2 Å².